The third-order valence-corrected chi connectivity index (χ3v) is 6.06. The molecule has 3 N–H and O–H groups in total. The molecule has 12 heteroatoms. The summed E-state index contributed by atoms with van der Waals surface area (Å²) >= 11 is 0. The van der Waals surface area contributed by atoms with Crippen LogP contribution < -0.4 is 16.2 Å². The van der Waals surface area contributed by atoms with Crippen molar-refractivity contribution in [1.29, 1.82) is 0 Å². The molecule has 1 aromatic carbocycles. The fourth-order valence-electron chi connectivity index (χ4n) is 3.61. The van der Waals surface area contributed by atoms with Crippen molar-refractivity contribution in [1.82, 2.24) is 20.2 Å². The molecule has 0 saturated carbocycles. The van der Waals surface area contributed by atoms with E-state index in [1.165, 1.54) is 37.1 Å². The average molecular weight is 507 g/mol. The second kappa shape index (κ2) is 10.9. The van der Waals surface area contributed by atoms with Gasteiger partial charge in [0.05, 0.1) is 18.0 Å². The Bertz CT molecular complexity index is 1420. The number of nitrogens with one attached hydrogen (secondary N) is 2. The summed E-state index contributed by atoms with van der Waals surface area (Å²) in [5, 5.41) is 15.9. The van der Waals surface area contributed by atoms with Crippen molar-refractivity contribution in [3.8, 4) is 5.75 Å². The van der Waals surface area contributed by atoms with E-state index in [-0.39, 0.29) is 31.1 Å². The Balaban J connectivity index is 1.94. The van der Waals surface area contributed by atoms with Crippen molar-refractivity contribution >= 4 is 26.8 Å². The van der Waals surface area contributed by atoms with Gasteiger partial charge in [-0.15, -0.1) is 0 Å². The van der Waals surface area contributed by atoms with E-state index in [0.29, 0.717) is 23.1 Å². The second-order valence-corrected chi connectivity index (χ2v) is 10.3. The first-order chi connectivity index (χ1) is 16.5. The summed E-state index contributed by atoms with van der Waals surface area (Å²) in [5.41, 5.74) is 1.29. The number of hydrogen-bond donors (Lipinski definition) is 3. The molecule has 0 aliphatic rings. The number of aromatic nitrogens is 2. The van der Waals surface area contributed by atoms with E-state index >= 15 is 0 Å². The predicted octanol–water partition coefficient (Wildman–Crippen LogP) is 0.837. The molecule has 2 aromatic heterocycles. The molecular weight excluding hydrogens is 479 g/mol. The van der Waals surface area contributed by atoms with E-state index in [1.807, 2.05) is 0 Å². The molecule has 1 amide bonds. The molecule has 0 unspecified atom stereocenters. The van der Waals surface area contributed by atoms with Gasteiger partial charge < -0.3 is 19.7 Å². The maximum atomic E-state index is 13.8. The lowest BCUT2D eigenvalue weighted by molar-refractivity contribution is 0.0932. The standard InChI is InChI=1S/C23H27FN4O6S/c1-28-18-9-14(8-15-4-5-17(24)10-16(15)12-25-13-35(3,32)33)11-27-20(18)21(29)19(23(28)31)22(30)26-6-7-34-2/h4-5,9-11,25,29H,6-8,12-13H2,1-3H3,(H,26,30). The molecule has 3 aromatic rings. The number of amides is 1. The van der Waals surface area contributed by atoms with E-state index in [2.05, 4.69) is 15.6 Å². The van der Waals surface area contributed by atoms with E-state index in [9.17, 15) is 27.5 Å². The van der Waals surface area contributed by atoms with Gasteiger partial charge in [0, 0.05) is 39.7 Å². The third kappa shape index (κ3) is 6.41. The molecule has 0 aliphatic heterocycles. The molecule has 2 heterocycles. The van der Waals surface area contributed by atoms with Crippen molar-refractivity contribution in [2.75, 3.05) is 32.4 Å². The molecule has 0 fully saturated rings. The number of hydrogen-bond acceptors (Lipinski definition) is 8. The first kappa shape index (κ1) is 26.3. The van der Waals surface area contributed by atoms with Gasteiger partial charge >= 0.3 is 0 Å². The summed E-state index contributed by atoms with van der Waals surface area (Å²) in [4.78, 5) is 29.5. The van der Waals surface area contributed by atoms with Gasteiger partial charge in [0.2, 0.25) is 0 Å². The van der Waals surface area contributed by atoms with Crippen LogP contribution in [0.25, 0.3) is 11.0 Å². The normalized spacial score (nSPS) is 11.7. The van der Waals surface area contributed by atoms with Crippen molar-refractivity contribution in [3.05, 3.63) is 68.9 Å². The van der Waals surface area contributed by atoms with Crippen LogP contribution in [0, 0.1) is 5.82 Å². The van der Waals surface area contributed by atoms with Crippen LogP contribution >= 0.6 is 0 Å². The Morgan fingerprint density at radius 3 is 2.69 bits per heavy atom. The number of methoxy groups -OCH3 is 1. The maximum Gasteiger partial charge on any atom is 0.267 e. The first-order valence-corrected chi connectivity index (χ1v) is 12.7. The average Bonchev–Trinajstić information content (AvgIpc) is 2.78. The molecule has 10 nitrogen and oxygen atoms in total. The number of carbonyl (C=O) groups is 1. The number of pyridine rings is 2. The van der Waals surface area contributed by atoms with E-state index in [1.54, 1.807) is 12.1 Å². The Hall–Kier alpha value is -3.35. The molecule has 3 rings (SSSR count). The molecule has 0 saturated heterocycles. The Morgan fingerprint density at radius 1 is 1.26 bits per heavy atom. The van der Waals surface area contributed by atoms with Crippen molar-refractivity contribution < 1.29 is 27.4 Å². The Morgan fingerprint density at radius 2 is 2.00 bits per heavy atom. The van der Waals surface area contributed by atoms with Gasteiger partial charge in [0.25, 0.3) is 11.5 Å². The number of fused-ring (bicyclic) bond motifs is 1. The van der Waals surface area contributed by atoms with Gasteiger partial charge in [-0.1, -0.05) is 6.07 Å². The van der Waals surface area contributed by atoms with Crippen molar-refractivity contribution in [3.63, 3.8) is 0 Å². The molecule has 188 valence electrons. The molecule has 0 radical (unpaired) electrons. The number of rotatable bonds is 10. The van der Waals surface area contributed by atoms with Crippen molar-refractivity contribution in [2.45, 2.75) is 13.0 Å². The van der Waals surface area contributed by atoms with Crippen LogP contribution in [-0.4, -0.2) is 61.4 Å². The highest BCUT2D eigenvalue weighted by Gasteiger charge is 2.22. The van der Waals surface area contributed by atoms with Gasteiger partial charge in [0.15, 0.2) is 15.6 Å². The Kier molecular flexibility index (Phi) is 8.20. The largest absolute Gasteiger partial charge is 0.505 e. The number of halogens is 1. The third-order valence-electron chi connectivity index (χ3n) is 5.33. The predicted molar refractivity (Wildman–Crippen MR) is 129 cm³/mol. The molecular formula is C23H27FN4O6S. The summed E-state index contributed by atoms with van der Waals surface area (Å²) in [7, 11) is -0.290. The van der Waals surface area contributed by atoms with Crippen molar-refractivity contribution in [2.24, 2.45) is 7.05 Å². The summed E-state index contributed by atoms with van der Waals surface area (Å²) in [6.07, 6.45) is 2.91. The topological polar surface area (TPSA) is 140 Å². The van der Waals surface area contributed by atoms with E-state index in [0.717, 1.165) is 11.8 Å². The highest BCUT2D eigenvalue weighted by molar-refractivity contribution is 7.90. The molecule has 0 spiro atoms. The van der Waals surface area contributed by atoms with Gasteiger partial charge in [-0.25, -0.2) is 12.8 Å². The quantitative estimate of drug-likeness (QED) is 0.344. The number of benzene rings is 1. The van der Waals surface area contributed by atoms with E-state index < -0.39 is 38.4 Å². The lowest BCUT2D eigenvalue weighted by atomic mass is 10.00. The van der Waals surface area contributed by atoms with Gasteiger partial charge in [-0.2, -0.15) is 0 Å². The smallest absolute Gasteiger partial charge is 0.267 e. The van der Waals surface area contributed by atoms with Crippen LogP contribution in [0.5, 0.6) is 5.75 Å². The fraction of sp³-hybridized carbons (Fsp3) is 0.348. The monoisotopic (exact) mass is 506 g/mol. The fourth-order valence-corrected chi connectivity index (χ4v) is 4.08. The molecule has 0 bridgehead atoms. The first-order valence-electron chi connectivity index (χ1n) is 10.6. The van der Waals surface area contributed by atoms with Crippen LogP contribution in [0.15, 0.2) is 35.3 Å². The lowest BCUT2D eigenvalue weighted by Gasteiger charge is -2.14. The van der Waals surface area contributed by atoms with Crippen LogP contribution in [0.3, 0.4) is 0 Å². The summed E-state index contributed by atoms with van der Waals surface area (Å²) in [6, 6.07) is 5.89. The van der Waals surface area contributed by atoms with Crippen LogP contribution in [0.2, 0.25) is 0 Å². The summed E-state index contributed by atoms with van der Waals surface area (Å²) in [5.74, 6) is -1.95. The minimum Gasteiger partial charge on any atom is -0.505 e. The zero-order valence-electron chi connectivity index (χ0n) is 19.6. The highest BCUT2D eigenvalue weighted by atomic mass is 32.2. The zero-order chi connectivity index (χ0) is 25.8. The number of aromatic hydroxyl groups is 1. The van der Waals surface area contributed by atoms with Crippen LogP contribution in [0.4, 0.5) is 4.39 Å². The zero-order valence-corrected chi connectivity index (χ0v) is 20.4. The molecule has 0 atom stereocenters. The number of nitrogens with zero attached hydrogens (tertiary/aromatic N) is 2. The summed E-state index contributed by atoms with van der Waals surface area (Å²) < 4.78 is 42.7. The highest BCUT2D eigenvalue weighted by Crippen LogP contribution is 2.26. The van der Waals surface area contributed by atoms with Gasteiger partial charge in [0.1, 0.15) is 16.9 Å². The minimum absolute atomic E-state index is 0.0851. The number of carbonyl (C=O) groups excluding carboxylic acids is 1. The maximum absolute atomic E-state index is 13.8. The molecule has 0 aliphatic carbocycles. The summed E-state index contributed by atoms with van der Waals surface area (Å²) in [6.45, 7) is 0.556. The SMILES string of the molecule is COCCNC(=O)c1c(O)c2ncc(Cc3ccc(F)cc3CNCS(C)(=O)=O)cc2n(C)c1=O. The minimum atomic E-state index is -3.24. The van der Waals surface area contributed by atoms with Crippen LogP contribution in [0.1, 0.15) is 27.0 Å². The lowest BCUT2D eigenvalue weighted by Crippen LogP contribution is -2.34. The number of sulfone groups is 1. The van der Waals surface area contributed by atoms with Crippen LogP contribution in [-0.2, 0) is 34.6 Å². The van der Waals surface area contributed by atoms with Gasteiger partial charge in [-0.05, 0) is 41.3 Å². The second-order valence-electron chi connectivity index (χ2n) is 8.13. The number of aryl methyl sites for hydroxylation is 1. The molecule has 35 heavy (non-hydrogen) atoms. The Labute approximate surface area is 201 Å². The number of ether oxygens (including phenoxy) is 1. The van der Waals surface area contributed by atoms with Gasteiger partial charge in [-0.3, -0.25) is 19.9 Å². The van der Waals surface area contributed by atoms with E-state index in [4.69, 9.17) is 4.74 Å².